The summed E-state index contributed by atoms with van der Waals surface area (Å²) in [4.78, 5) is 14.1. The Hall–Kier alpha value is -1.38. The number of carbonyl (C=O) groups is 1. The number of benzene rings is 1. The number of hydrogen-bond donors (Lipinski definition) is 0. The van der Waals surface area contributed by atoms with Gasteiger partial charge in [-0.05, 0) is 55.4 Å². The molecule has 1 aromatic carbocycles. The Bertz CT molecular complexity index is 442. The largest absolute Gasteiger partial charge is 0.339 e. The average molecular weight is 263 g/mol. The van der Waals surface area contributed by atoms with E-state index in [1.807, 2.05) is 11.9 Å². The van der Waals surface area contributed by atoms with Crippen LogP contribution >= 0.6 is 0 Å². The Morgan fingerprint density at radius 2 is 1.74 bits per heavy atom. The van der Waals surface area contributed by atoms with Gasteiger partial charge in [-0.15, -0.1) is 0 Å². The molecule has 0 heterocycles. The summed E-state index contributed by atoms with van der Waals surface area (Å²) in [7, 11) is 1.86. The molecule has 0 bridgehead atoms. The number of carbonyl (C=O) groups excluding carboxylic acids is 1. The van der Waals surface area contributed by atoms with Crippen molar-refractivity contribution in [3.63, 3.8) is 0 Å². The second-order valence-corrected chi connectivity index (χ2v) is 6.32. The fraction of sp³-hybridized carbons (Fsp3) is 0.562. The minimum atomic E-state index is -0.307. The van der Waals surface area contributed by atoms with E-state index in [1.54, 1.807) is 12.1 Å². The number of halogens is 1. The lowest BCUT2D eigenvalue weighted by atomic mass is 9.75. The molecule has 0 aliphatic heterocycles. The summed E-state index contributed by atoms with van der Waals surface area (Å²) in [5.74, 6) is -0.316. The van der Waals surface area contributed by atoms with Crippen LogP contribution in [0.3, 0.4) is 0 Å². The minimum absolute atomic E-state index is 0.00953. The molecule has 2 rings (SSSR count). The Morgan fingerprint density at radius 1 is 1.21 bits per heavy atom. The fourth-order valence-electron chi connectivity index (χ4n) is 2.73. The molecule has 0 aromatic heterocycles. The number of hydrogen-bond acceptors (Lipinski definition) is 1. The highest BCUT2D eigenvalue weighted by Crippen LogP contribution is 2.36. The van der Waals surface area contributed by atoms with Gasteiger partial charge in [0, 0.05) is 18.7 Å². The van der Waals surface area contributed by atoms with E-state index in [0.29, 0.717) is 17.0 Å². The van der Waals surface area contributed by atoms with Crippen molar-refractivity contribution in [1.29, 1.82) is 0 Å². The molecule has 0 unspecified atom stereocenters. The number of nitrogens with zero attached hydrogens (tertiary/aromatic N) is 1. The van der Waals surface area contributed by atoms with Crippen molar-refractivity contribution in [1.82, 2.24) is 4.90 Å². The van der Waals surface area contributed by atoms with E-state index in [2.05, 4.69) is 13.8 Å². The summed E-state index contributed by atoms with van der Waals surface area (Å²) < 4.78 is 12.9. The first-order valence-electron chi connectivity index (χ1n) is 6.92. The normalized spacial score (nSPS) is 19.2. The van der Waals surface area contributed by atoms with Crippen molar-refractivity contribution < 1.29 is 9.18 Å². The standard InChI is InChI=1S/C16H22FNO/c1-16(2)10-8-14(9-11-16)18(3)15(19)12-4-6-13(17)7-5-12/h4-7,14H,8-11H2,1-3H3. The van der Waals surface area contributed by atoms with Crippen LogP contribution in [0.2, 0.25) is 0 Å². The molecule has 0 atom stereocenters. The number of amides is 1. The molecule has 0 radical (unpaired) electrons. The second kappa shape index (κ2) is 5.32. The van der Waals surface area contributed by atoms with E-state index in [1.165, 1.54) is 12.1 Å². The first-order chi connectivity index (χ1) is 8.89. The molecule has 19 heavy (non-hydrogen) atoms. The summed E-state index contributed by atoms with van der Waals surface area (Å²) in [6.45, 7) is 4.57. The van der Waals surface area contributed by atoms with Crippen LogP contribution < -0.4 is 0 Å². The molecule has 1 aromatic rings. The molecule has 2 nitrogen and oxygen atoms in total. The van der Waals surface area contributed by atoms with Crippen molar-refractivity contribution in [2.75, 3.05) is 7.05 Å². The second-order valence-electron chi connectivity index (χ2n) is 6.32. The van der Waals surface area contributed by atoms with Gasteiger partial charge < -0.3 is 4.90 Å². The highest BCUT2D eigenvalue weighted by Gasteiger charge is 2.30. The van der Waals surface area contributed by atoms with Gasteiger partial charge in [-0.3, -0.25) is 4.79 Å². The molecule has 0 N–H and O–H groups in total. The Labute approximate surface area is 114 Å². The van der Waals surface area contributed by atoms with Crippen molar-refractivity contribution in [3.05, 3.63) is 35.6 Å². The zero-order valence-electron chi connectivity index (χ0n) is 11.9. The van der Waals surface area contributed by atoms with Gasteiger partial charge in [0.05, 0.1) is 0 Å². The topological polar surface area (TPSA) is 20.3 Å². The lowest BCUT2D eigenvalue weighted by Gasteiger charge is -2.38. The van der Waals surface area contributed by atoms with Crippen LogP contribution in [-0.2, 0) is 0 Å². The van der Waals surface area contributed by atoms with Crippen molar-refractivity contribution >= 4 is 5.91 Å². The van der Waals surface area contributed by atoms with E-state index < -0.39 is 0 Å². The third-order valence-electron chi connectivity index (χ3n) is 4.27. The maximum atomic E-state index is 12.9. The van der Waals surface area contributed by atoms with E-state index >= 15 is 0 Å². The maximum absolute atomic E-state index is 12.9. The average Bonchev–Trinajstić information content (AvgIpc) is 2.38. The van der Waals surface area contributed by atoms with Gasteiger partial charge in [0.2, 0.25) is 0 Å². The predicted molar refractivity (Wildman–Crippen MR) is 74.5 cm³/mol. The molecule has 0 saturated heterocycles. The molecule has 0 spiro atoms. The van der Waals surface area contributed by atoms with E-state index in [9.17, 15) is 9.18 Å². The van der Waals surface area contributed by atoms with Gasteiger partial charge >= 0.3 is 0 Å². The Kier molecular flexibility index (Phi) is 3.93. The smallest absolute Gasteiger partial charge is 0.253 e. The maximum Gasteiger partial charge on any atom is 0.253 e. The van der Waals surface area contributed by atoms with Gasteiger partial charge in [0.25, 0.3) is 5.91 Å². The summed E-state index contributed by atoms with van der Waals surface area (Å²) in [5, 5.41) is 0. The summed E-state index contributed by atoms with van der Waals surface area (Å²) >= 11 is 0. The third-order valence-corrected chi connectivity index (χ3v) is 4.27. The predicted octanol–water partition coefficient (Wildman–Crippen LogP) is 3.87. The molecule has 3 heteroatoms. The molecule has 1 aliphatic rings. The first-order valence-corrected chi connectivity index (χ1v) is 6.92. The van der Waals surface area contributed by atoms with Crippen LogP contribution in [0.5, 0.6) is 0 Å². The van der Waals surface area contributed by atoms with Gasteiger partial charge in [-0.1, -0.05) is 13.8 Å². The van der Waals surface area contributed by atoms with Crippen molar-refractivity contribution in [3.8, 4) is 0 Å². The Morgan fingerprint density at radius 3 is 2.26 bits per heavy atom. The van der Waals surface area contributed by atoms with Gasteiger partial charge in [0.1, 0.15) is 5.82 Å². The lowest BCUT2D eigenvalue weighted by molar-refractivity contribution is 0.0635. The van der Waals surface area contributed by atoms with E-state index in [0.717, 1.165) is 25.7 Å². The van der Waals surface area contributed by atoms with Crippen molar-refractivity contribution in [2.45, 2.75) is 45.6 Å². The monoisotopic (exact) mass is 263 g/mol. The van der Waals surface area contributed by atoms with Gasteiger partial charge in [-0.25, -0.2) is 4.39 Å². The zero-order valence-corrected chi connectivity index (χ0v) is 11.9. The van der Waals surface area contributed by atoms with Crippen molar-refractivity contribution in [2.24, 2.45) is 5.41 Å². The summed E-state index contributed by atoms with van der Waals surface area (Å²) in [5.41, 5.74) is 0.963. The third kappa shape index (κ3) is 3.34. The van der Waals surface area contributed by atoms with Gasteiger partial charge in [0.15, 0.2) is 0 Å². The molecular weight excluding hydrogens is 241 g/mol. The van der Waals surface area contributed by atoms with Gasteiger partial charge in [-0.2, -0.15) is 0 Å². The van der Waals surface area contributed by atoms with Crippen LogP contribution in [0.1, 0.15) is 49.9 Å². The first kappa shape index (κ1) is 14.0. The van der Waals surface area contributed by atoms with E-state index in [-0.39, 0.29) is 11.7 Å². The summed E-state index contributed by atoms with van der Waals surface area (Å²) in [6.07, 6.45) is 4.41. The summed E-state index contributed by atoms with van der Waals surface area (Å²) in [6, 6.07) is 6.10. The Balaban J connectivity index is 2.02. The fourth-order valence-corrected chi connectivity index (χ4v) is 2.73. The molecule has 1 saturated carbocycles. The molecular formula is C16H22FNO. The van der Waals surface area contributed by atoms with E-state index in [4.69, 9.17) is 0 Å². The highest BCUT2D eigenvalue weighted by atomic mass is 19.1. The zero-order chi connectivity index (χ0) is 14.0. The SMILES string of the molecule is CN(C(=O)c1ccc(F)cc1)C1CCC(C)(C)CC1. The lowest BCUT2D eigenvalue weighted by Crippen LogP contribution is -2.40. The highest BCUT2D eigenvalue weighted by molar-refractivity contribution is 5.94. The van der Waals surface area contributed by atoms with Crippen LogP contribution in [-0.4, -0.2) is 23.9 Å². The quantitative estimate of drug-likeness (QED) is 0.793. The minimum Gasteiger partial charge on any atom is -0.339 e. The molecule has 1 fully saturated rings. The van der Waals surface area contributed by atoms with Crippen LogP contribution in [0.15, 0.2) is 24.3 Å². The molecule has 104 valence electrons. The van der Waals surface area contributed by atoms with Crippen LogP contribution in [0.25, 0.3) is 0 Å². The van der Waals surface area contributed by atoms with Crippen LogP contribution in [0, 0.1) is 11.2 Å². The molecule has 1 aliphatic carbocycles. The number of rotatable bonds is 2. The van der Waals surface area contributed by atoms with Crippen LogP contribution in [0.4, 0.5) is 4.39 Å². The molecule has 1 amide bonds.